The van der Waals surface area contributed by atoms with Crippen molar-refractivity contribution in [2.24, 2.45) is 0 Å². The third-order valence-electron chi connectivity index (χ3n) is 4.38. The smallest absolute Gasteiger partial charge is 0.339 e. The van der Waals surface area contributed by atoms with E-state index in [-0.39, 0.29) is 21.7 Å². The Hall–Kier alpha value is -3.78. The standard InChI is InChI=1S/C20H12N2O5S/c23-10-21-12-5-3-4-11(8-12)15-9-28-19(16(15)20(26)27)22-17(24)13-6-1-2-7-14(13)18(22)25/h1-10H,(H,21,23)(H,26,27). The van der Waals surface area contributed by atoms with Crippen LogP contribution in [-0.4, -0.2) is 29.3 Å². The first-order valence-corrected chi connectivity index (χ1v) is 9.04. The van der Waals surface area contributed by atoms with Crippen LogP contribution in [0.4, 0.5) is 10.7 Å². The number of carboxylic acid groups (broad SMARTS) is 1. The number of hydrogen-bond donors (Lipinski definition) is 2. The molecule has 1 aliphatic rings. The van der Waals surface area contributed by atoms with E-state index in [1.807, 2.05) is 0 Å². The Balaban J connectivity index is 1.84. The normalized spacial score (nSPS) is 12.8. The van der Waals surface area contributed by atoms with Gasteiger partial charge in [-0.3, -0.25) is 14.4 Å². The van der Waals surface area contributed by atoms with E-state index >= 15 is 0 Å². The number of nitrogens with zero attached hydrogens (tertiary/aromatic N) is 1. The van der Waals surface area contributed by atoms with Gasteiger partial charge in [-0.2, -0.15) is 0 Å². The molecule has 0 aliphatic carbocycles. The summed E-state index contributed by atoms with van der Waals surface area (Å²) in [5, 5.41) is 14.0. The van der Waals surface area contributed by atoms with E-state index in [2.05, 4.69) is 5.32 Å². The van der Waals surface area contributed by atoms with Crippen molar-refractivity contribution in [2.45, 2.75) is 0 Å². The Morgan fingerprint density at radius 1 is 1.00 bits per heavy atom. The molecule has 3 amide bonds. The maximum atomic E-state index is 12.7. The number of fused-ring (bicyclic) bond motifs is 1. The van der Waals surface area contributed by atoms with Crippen molar-refractivity contribution in [3.63, 3.8) is 0 Å². The molecule has 0 spiro atoms. The van der Waals surface area contributed by atoms with Gasteiger partial charge in [0, 0.05) is 16.6 Å². The Labute approximate surface area is 162 Å². The lowest BCUT2D eigenvalue weighted by atomic mass is 10.0. The molecule has 8 heteroatoms. The molecule has 138 valence electrons. The van der Waals surface area contributed by atoms with Gasteiger partial charge in [-0.15, -0.1) is 11.3 Å². The van der Waals surface area contributed by atoms with Gasteiger partial charge >= 0.3 is 5.97 Å². The summed E-state index contributed by atoms with van der Waals surface area (Å²) in [4.78, 5) is 49.1. The van der Waals surface area contributed by atoms with Crippen molar-refractivity contribution in [3.05, 3.63) is 70.6 Å². The lowest BCUT2D eigenvalue weighted by Gasteiger charge is -2.13. The molecule has 0 atom stereocenters. The van der Waals surface area contributed by atoms with Crippen LogP contribution in [0.5, 0.6) is 0 Å². The Kier molecular flexibility index (Phi) is 4.25. The van der Waals surface area contributed by atoms with Gasteiger partial charge in [-0.25, -0.2) is 9.69 Å². The molecule has 2 N–H and O–H groups in total. The van der Waals surface area contributed by atoms with E-state index in [9.17, 15) is 24.3 Å². The van der Waals surface area contributed by atoms with Crippen LogP contribution >= 0.6 is 11.3 Å². The highest BCUT2D eigenvalue weighted by Crippen LogP contribution is 2.41. The molecule has 1 aromatic heterocycles. The fourth-order valence-corrected chi connectivity index (χ4v) is 4.22. The number of rotatable bonds is 5. The van der Waals surface area contributed by atoms with E-state index in [4.69, 9.17) is 0 Å². The van der Waals surface area contributed by atoms with Crippen molar-refractivity contribution in [1.82, 2.24) is 0 Å². The summed E-state index contributed by atoms with van der Waals surface area (Å²) in [7, 11) is 0. The minimum absolute atomic E-state index is 0.0578. The topological polar surface area (TPSA) is 104 Å². The summed E-state index contributed by atoms with van der Waals surface area (Å²) in [5.74, 6) is -2.35. The number of carbonyl (C=O) groups excluding carboxylic acids is 3. The maximum absolute atomic E-state index is 12.7. The van der Waals surface area contributed by atoms with Crippen LogP contribution in [0.3, 0.4) is 0 Å². The van der Waals surface area contributed by atoms with E-state index < -0.39 is 17.8 Å². The van der Waals surface area contributed by atoms with Gasteiger partial charge in [0.15, 0.2) is 0 Å². The quantitative estimate of drug-likeness (QED) is 0.511. The molecule has 4 rings (SSSR count). The number of thiophene rings is 1. The fraction of sp³-hybridized carbons (Fsp3) is 0. The first-order valence-electron chi connectivity index (χ1n) is 8.16. The Morgan fingerprint density at radius 3 is 2.29 bits per heavy atom. The lowest BCUT2D eigenvalue weighted by Crippen LogP contribution is -2.30. The van der Waals surface area contributed by atoms with Gasteiger partial charge in [0.05, 0.1) is 11.1 Å². The van der Waals surface area contributed by atoms with Crippen LogP contribution in [0.15, 0.2) is 53.9 Å². The van der Waals surface area contributed by atoms with E-state index in [1.165, 1.54) is 0 Å². The summed E-state index contributed by atoms with van der Waals surface area (Å²) in [6, 6.07) is 13.0. The van der Waals surface area contributed by atoms with E-state index in [0.717, 1.165) is 16.2 Å². The van der Waals surface area contributed by atoms with Crippen molar-refractivity contribution in [1.29, 1.82) is 0 Å². The molecule has 1 aliphatic heterocycles. The molecule has 2 aromatic carbocycles. The van der Waals surface area contributed by atoms with Crippen LogP contribution in [0.1, 0.15) is 31.1 Å². The second kappa shape index (κ2) is 6.75. The third-order valence-corrected chi connectivity index (χ3v) is 5.35. The number of imide groups is 1. The van der Waals surface area contributed by atoms with Gasteiger partial charge in [0.1, 0.15) is 10.6 Å². The molecule has 0 saturated heterocycles. The van der Waals surface area contributed by atoms with E-state index in [1.54, 1.807) is 53.9 Å². The minimum Gasteiger partial charge on any atom is -0.478 e. The van der Waals surface area contributed by atoms with Gasteiger partial charge in [-0.05, 0) is 29.8 Å². The summed E-state index contributed by atoms with van der Waals surface area (Å²) >= 11 is 1.01. The SMILES string of the molecule is O=CNc1cccc(-c2csc(N3C(=O)c4ccccc4C3=O)c2C(=O)O)c1. The summed E-state index contributed by atoms with van der Waals surface area (Å²) in [5.41, 5.74) is 1.76. The number of anilines is 2. The molecule has 0 unspecified atom stereocenters. The molecule has 2 heterocycles. The molecule has 0 bridgehead atoms. The lowest BCUT2D eigenvalue weighted by molar-refractivity contribution is -0.105. The van der Waals surface area contributed by atoms with E-state index in [0.29, 0.717) is 23.2 Å². The summed E-state index contributed by atoms with van der Waals surface area (Å²) in [6.45, 7) is 0. The average Bonchev–Trinajstić information content (AvgIpc) is 3.23. The molecule has 3 aromatic rings. The third kappa shape index (κ3) is 2.67. The fourth-order valence-electron chi connectivity index (χ4n) is 3.15. The van der Waals surface area contributed by atoms with Gasteiger partial charge in [0.25, 0.3) is 11.8 Å². The minimum atomic E-state index is -1.25. The maximum Gasteiger partial charge on any atom is 0.339 e. The van der Waals surface area contributed by atoms with Crippen molar-refractivity contribution in [3.8, 4) is 11.1 Å². The molecule has 0 saturated carbocycles. The zero-order valence-electron chi connectivity index (χ0n) is 14.2. The van der Waals surface area contributed by atoms with Gasteiger partial charge < -0.3 is 10.4 Å². The monoisotopic (exact) mass is 392 g/mol. The molecule has 0 radical (unpaired) electrons. The molecule has 28 heavy (non-hydrogen) atoms. The van der Waals surface area contributed by atoms with Crippen LogP contribution in [0, 0.1) is 0 Å². The zero-order valence-corrected chi connectivity index (χ0v) is 15.0. The predicted octanol–water partition coefficient (Wildman–Crippen LogP) is 3.48. The molecular weight excluding hydrogens is 380 g/mol. The van der Waals surface area contributed by atoms with Crippen molar-refractivity contribution < 1.29 is 24.3 Å². The average molecular weight is 392 g/mol. The summed E-state index contributed by atoms with van der Waals surface area (Å²) < 4.78 is 0. The Morgan fingerprint density at radius 2 is 1.68 bits per heavy atom. The van der Waals surface area contributed by atoms with Crippen LogP contribution < -0.4 is 10.2 Å². The number of nitrogens with one attached hydrogen (secondary N) is 1. The molecular formula is C20H12N2O5S. The van der Waals surface area contributed by atoms with Crippen molar-refractivity contribution >= 4 is 46.2 Å². The zero-order chi connectivity index (χ0) is 19.8. The highest BCUT2D eigenvalue weighted by atomic mass is 32.1. The largest absolute Gasteiger partial charge is 0.478 e. The number of carboxylic acids is 1. The predicted molar refractivity (Wildman–Crippen MR) is 104 cm³/mol. The molecule has 7 nitrogen and oxygen atoms in total. The van der Waals surface area contributed by atoms with Gasteiger partial charge in [0.2, 0.25) is 6.41 Å². The highest BCUT2D eigenvalue weighted by Gasteiger charge is 2.39. The first-order chi connectivity index (χ1) is 13.5. The second-order valence-corrected chi connectivity index (χ2v) is 6.83. The second-order valence-electron chi connectivity index (χ2n) is 5.97. The van der Waals surface area contributed by atoms with Crippen LogP contribution in [0.2, 0.25) is 0 Å². The number of amides is 3. The van der Waals surface area contributed by atoms with Crippen LogP contribution in [-0.2, 0) is 4.79 Å². The first kappa shape index (κ1) is 17.6. The summed E-state index contributed by atoms with van der Waals surface area (Å²) in [6.07, 6.45) is 0.523. The molecule has 0 fully saturated rings. The number of hydrogen-bond acceptors (Lipinski definition) is 5. The van der Waals surface area contributed by atoms with Gasteiger partial charge in [-0.1, -0.05) is 24.3 Å². The number of aromatic carboxylic acids is 1. The Bertz CT molecular complexity index is 1120. The number of carbonyl (C=O) groups is 4. The number of benzene rings is 2. The highest BCUT2D eigenvalue weighted by molar-refractivity contribution is 7.15. The van der Waals surface area contributed by atoms with Crippen molar-refractivity contribution in [2.75, 3.05) is 10.2 Å². The van der Waals surface area contributed by atoms with Crippen LogP contribution in [0.25, 0.3) is 11.1 Å².